The molecule has 2 aromatic rings. The average Bonchev–Trinajstić information content (AvgIpc) is 4.12. The van der Waals surface area contributed by atoms with E-state index < -0.39 is 11.7 Å². The van der Waals surface area contributed by atoms with Crippen molar-refractivity contribution in [3.8, 4) is 0 Å². The number of hydrogen-bond donors (Lipinski definition) is 2. The zero-order valence-corrected chi connectivity index (χ0v) is 39.6. The van der Waals surface area contributed by atoms with Crippen molar-refractivity contribution in [1.29, 1.82) is 0 Å². The minimum Gasteiger partial charge on any atom is -0.469 e. The second kappa shape index (κ2) is 22.2. The molecule has 66 heavy (non-hydrogen) atoms. The van der Waals surface area contributed by atoms with Crippen LogP contribution in [0.5, 0.6) is 0 Å². The second-order valence-electron chi connectivity index (χ2n) is 18.5. The number of aryl methyl sites for hydroxylation is 1. The minimum absolute atomic E-state index is 0.0101. The summed E-state index contributed by atoms with van der Waals surface area (Å²) in [4.78, 5) is 75.6. The normalized spacial score (nSPS) is 20.2. The van der Waals surface area contributed by atoms with E-state index in [1.165, 1.54) is 36.0 Å². The highest BCUT2D eigenvalue weighted by molar-refractivity contribution is 7.17. The predicted molar refractivity (Wildman–Crippen MR) is 255 cm³/mol. The number of methoxy groups -OCH3 is 1. The van der Waals surface area contributed by atoms with E-state index in [2.05, 4.69) is 49.9 Å². The fourth-order valence-corrected chi connectivity index (χ4v) is 10.5. The standard InChI is InChI=1S/C50H64N8O7S/c1-5-50(2,32-52-55-51)65-49(63)56(3)31-43(59)57-27-25-40(26-28-57)58(39-23-24-39)30-35-9-8-10-37(29-35)45(60)54-47-44(41-11-6-7-12-42(41)66-47)46(61)53-38-21-17-34(18-22-38)14-13-33-15-19-36(20-16-33)48(62)64-4/h8-10,15-17,19,21-22,29,34,36,39-40H,5-7,11-14,18,20,23-28,30-32H2,1-4H3,(H,53,61)(H,54,60). The molecule has 1 aromatic carbocycles. The first-order chi connectivity index (χ1) is 31.9. The van der Waals surface area contributed by atoms with Gasteiger partial charge in [0.25, 0.3) is 11.8 Å². The Morgan fingerprint density at radius 3 is 2.44 bits per heavy atom. The van der Waals surface area contributed by atoms with Gasteiger partial charge in [-0.15, -0.1) is 11.3 Å². The minimum atomic E-state index is -0.953. The Morgan fingerprint density at radius 1 is 0.985 bits per heavy atom. The maximum atomic E-state index is 14.1. The number of amides is 4. The number of fused-ring (bicyclic) bond motifs is 1. The zero-order chi connectivity index (χ0) is 46.8. The molecule has 3 atom stereocenters. The third-order valence-corrected chi connectivity index (χ3v) is 14.9. The van der Waals surface area contributed by atoms with Crippen LogP contribution in [0.3, 0.4) is 0 Å². The van der Waals surface area contributed by atoms with Crippen molar-refractivity contribution in [2.75, 3.05) is 45.7 Å². The number of nitrogens with one attached hydrogen (secondary N) is 2. The molecule has 1 saturated carbocycles. The SMILES string of the molecule is CCC(C)(CN=[N+]=[N-])OC(=O)N(C)CC(=O)N1CCC(N(Cc2cccc(C(=O)Nc3sc4c(c3C(=O)NC3=CCC(CCC5=CCC(C(=O)OC)C=C5)C=C3)CCCC4)c2)C2CC2)CC1. The van der Waals surface area contributed by atoms with Gasteiger partial charge in [-0.05, 0) is 131 Å². The van der Waals surface area contributed by atoms with E-state index in [4.69, 9.17) is 15.0 Å². The lowest BCUT2D eigenvalue weighted by molar-refractivity contribution is -0.143. The quantitative estimate of drug-likeness (QED) is 0.0642. The van der Waals surface area contributed by atoms with Gasteiger partial charge in [0, 0.05) is 59.8 Å². The highest BCUT2D eigenvalue weighted by Crippen LogP contribution is 2.39. The van der Waals surface area contributed by atoms with Crippen LogP contribution in [-0.2, 0) is 38.4 Å². The lowest BCUT2D eigenvalue weighted by Gasteiger charge is -2.39. The van der Waals surface area contributed by atoms with Gasteiger partial charge in [0.1, 0.15) is 17.1 Å². The van der Waals surface area contributed by atoms with Gasteiger partial charge in [-0.2, -0.15) is 0 Å². The number of azide groups is 1. The molecule has 15 nitrogen and oxygen atoms in total. The molecule has 0 radical (unpaired) electrons. The molecule has 0 bridgehead atoms. The van der Waals surface area contributed by atoms with E-state index in [1.807, 2.05) is 48.3 Å². The monoisotopic (exact) mass is 920 g/mol. The summed E-state index contributed by atoms with van der Waals surface area (Å²) in [5, 5.41) is 10.5. The van der Waals surface area contributed by atoms with Crippen LogP contribution in [0, 0.1) is 11.8 Å². The zero-order valence-electron chi connectivity index (χ0n) is 38.8. The first-order valence-electron chi connectivity index (χ1n) is 23.5. The topological polar surface area (TPSA) is 186 Å². The van der Waals surface area contributed by atoms with Gasteiger partial charge < -0.3 is 29.9 Å². The number of allylic oxidation sites excluding steroid dienone is 6. The fraction of sp³-hybridized carbons (Fsp3) is 0.540. The summed E-state index contributed by atoms with van der Waals surface area (Å²) >= 11 is 1.51. The molecule has 1 aromatic heterocycles. The third kappa shape index (κ3) is 12.4. The average molecular weight is 921 g/mol. The van der Waals surface area contributed by atoms with Crippen LogP contribution in [0.1, 0.15) is 121 Å². The summed E-state index contributed by atoms with van der Waals surface area (Å²) in [7, 11) is 2.95. The number of thiophene rings is 1. The number of hydrogen-bond acceptors (Lipinski definition) is 10. The molecule has 2 fully saturated rings. The van der Waals surface area contributed by atoms with E-state index in [0.717, 1.165) is 92.3 Å². The molecular weight excluding hydrogens is 857 g/mol. The van der Waals surface area contributed by atoms with Gasteiger partial charge in [-0.3, -0.25) is 24.1 Å². The summed E-state index contributed by atoms with van der Waals surface area (Å²) < 4.78 is 10.5. The van der Waals surface area contributed by atoms with E-state index in [9.17, 15) is 24.0 Å². The molecule has 0 spiro atoms. The van der Waals surface area contributed by atoms with Crippen LogP contribution in [-0.4, -0.2) is 103 Å². The molecule has 2 N–H and O–H groups in total. The molecule has 5 aliphatic rings. The van der Waals surface area contributed by atoms with Crippen LogP contribution in [0.2, 0.25) is 0 Å². The van der Waals surface area contributed by atoms with Crippen molar-refractivity contribution in [3.63, 3.8) is 0 Å². The van der Waals surface area contributed by atoms with Crippen molar-refractivity contribution >= 4 is 46.1 Å². The number of piperidine rings is 1. The smallest absolute Gasteiger partial charge is 0.410 e. The molecule has 1 aliphatic heterocycles. The van der Waals surface area contributed by atoms with Crippen molar-refractivity contribution in [3.05, 3.63) is 110 Å². The van der Waals surface area contributed by atoms with Crippen LogP contribution >= 0.6 is 11.3 Å². The Morgan fingerprint density at radius 2 is 1.76 bits per heavy atom. The summed E-state index contributed by atoms with van der Waals surface area (Å²) in [6, 6.07) is 8.47. The highest BCUT2D eigenvalue weighted by atomic mass is 32.1. The molecule has 352 valence electrons. The third-order valence-electron chi connectivity index (χ3n) is 13.6. The number of likely N-dealkylation sites (N-methyl/N-ethyl adjacent to an activating group) is 1. The Labute approximate surface area is 391 Å². The Bertz CT molecular complexity index is 2320. The van der Waals surface area contributed by atoms with Crippen molar-refractivity contribution < 1.29 is 33.4 Å². The number of carbonyl (C=O) groups excluding carboxylic acids is 5. The van der Waals surface area contributed by atoms with Crippen LogP contribution < -0.4 is 10.6 Å². The van der Waals surface area contributed by atoms with E-state index >= 15 is 0 Å². The van der Waals surface area contributed by atoms with E-state index in [1.54, 1.807) is 6.92 Å². The Kier molecular flexibility index (Phi) is 16.2. The Balaban J connectivity index is 0.922. The van der Waals surface area contributed by atoms with Gasteiger partial charge in [0.15, 0.2) is 0 Å². The van der Waals surface area contributed by atoms with Gasteiger partial charge in [-0.1, -0.05) is 60.1 Å². The van der Waals surface area contributed by atoms with Crippen LogP contribution in [0.4, 0.5) is 9.80 Å². The van der Waals surface area contributed by atoms with E-state index in [0.29, 0.717) is 60.6 Å². The predicted octanol–water partition coefficient (Wildman–Crippen LogP) is 9.03. The first kappa shape index (κ1) is 48.2. The van der Waals surface area contributed by atoms with Crippen LogP contribution in [0.15, 0.2) is 77.1 Å². The number of benzene rings is 1. The lowest BCUT2D eigenvalue weighted by Crippen LogP contribution is -2.50. The molecule has 4 amide bonds. The summed E-state index contributed by atoms with van der Waals surface area (Å²) in [5.41, 5.74) is 12.9. The number of rotatable bonds is 18. The molecule has 3 unspecified atom stereocenters. The van der Waals surface area contributed by atoms with Gasteiger partial charge in [0.2, 0.25) is 5.91 Å². The molecule has 2 heterocycles. The maximum Gasteiger partial charge on any atom is 0.410 e. The number of esters is 1. The van der Waals surface area contributed by atoms with Crippen molar-refractivity contribution in [2.24, 2.45) is 17.0 Å². The van der Waals surface area contributed by atoms with Gasteiger partial charge >= 0.3 is 12.1 Å². The fourth-order valence-electron chi connectivity index (χ4n) is 9.25. The van der Waals surface area contributed by atoms with Crippen LogP contribution in [0.25, 0.3) is 10.4 Å². The second-order valence-corrected chi connectivity index (χ2v) is 19.6. The van der Waals surface area contributed by atoms with Crippen molar-refractivity contribution in [1.82, 2.24) is 20.0 Å². The first-order valence-corrected chi connectivity index (χ1v) is 24.4. The number of anilines is 1. The van der Waals surface area contributed by atoms with E-state index in [-0.39, 0.29) is 48.7 Å². The molecule has 16 heteroatoms. The largest absolute Gasteiger partial charge is 0.469 e. The number of nitrogens with zero attached hydrogens (tertiary/aromatic N) is 6. The molecule has 4 aliphatic carbocycles. The summed E-state index contributed by atoms with van der Waals surface area (Å²) in [6.45, 7) is 5.29. The Hall–Kier alpha value is -5.70. The summed E-state index contributed by atoms with van der Waals surface area (Å²) in [6.07, 6.45) is 23.1. The number of likely N-dealkylation sites (tertiary alicyclic amines) is 1. The summed E-state index contributed by atoms with van der Waals surface area (Å²) in [5.74, 6) is -0.662. The van der Waals surface area contributed by atoms with Gasteiger partial charge in [0.05, 0.1) is 25.1 Å². The van der Waals surface area contributed by atoms with Gasteiger partial charge in [-0.25, -0.2) is 4.79 Å². The highest BCUT2D eigenvalue weighted by Gasteiger charge is 2.37. The number of carbonyl (C=O) groups is 5. The molecular formula is C50H64N8O7S. The van der Waals surface area contributed by atoms with Crippen molar-refractivity contribution in [2.45, 2.75) is 122 Å². The number of ether oxygens (including phenoxy) is 2. The molecule has 7 rings (SSSR count). The maximum absolute atomic E-state index is 14.1. The lowest BCUT2D eigenvalue weighted by atomic mass is 9.89. The molecule has 1 saturated heterocycles.